The summed E-state index contributed by atoms with van der Waals surface area (Å²) >= 11 is 0. The van der Waals surface area contributed by atoms with Gasteiger partial charge in [0.05, 0.1) is 17.6 Å². The Hall–Kier alpha value is -4.08. The van der Waals surface area contributed by atoms with E-state index in [1.165, 1.54) is 23.9 Å². The van der Waals surface area contributed by atoms with Crippen molar-refractivity contribution >= 4 is 11.7 Å². The molecule has 1 atom stereocenters. The van der Waals surface area contributed by atoms with Crippen LogP contribution in [0.5, 0.6) is 5.75 Å². The molecule has 1 aliphatic heterocycles. The van der Waals surface area contributed by atoms with Gasteiger partial charge in [0, 0.05) is 55.4 Å². The number of nitrogens with zero attached hydrogens (tertiary/aromatic N) is 6. The maximum atomic E-state index is 14.3. The van der Waals surface area contributed by atoms with E-state index in [1.807, 2.05) is 30.8 Å². The number of anilines is 1. The van der Waals surface area contributed by atoms with Gasteiger partial charge in [0.2, 0.25) is 5.91 Å². The van der Waals surface area contributed by atoms with Crippen LogP contribution in [0.3, 0.4) is 0 Å². The minimum atomic E-state index is -0.569. The summed E-state index contributed by atoms with van der Waals surface area (Å²) in [6.07, 6.45) is 3.42. The molecule has 1 amide bonds. The van der Waals surface area contributed by atoms with Crippen LogP contribution in [0.25, 0.3) is 22.5 Å². The van der Waals surface area contributed by atoms with Gasteiger partial charge in [0.25, 0.3) is 0 Å². The van der Waals surface area contributed by atoms with Gasteiger partial charge in [-0.2, -0.15) is 20.1 Å². The Balaban J connectivity index is 1.79. The number of nitrogens with one attached hydrogen (secondary N) is 1. The molecule has 1 aliphatic rings. The molecule has 0 fully saturated rings. The van der Waals surface area contributed by atoms with Gasteiger partial charge in [-0.05, 0) is 38.1 Å². The largest absolute Gasteiger partial charge is 0.482 e. The number of carbonyl (C=O) groups is 1. The molecule has 34 heavy (non-hydrogen) atoms. The molecule has 10 heteroatoms. The lowest BCUT2D eigenvalue weighted by molar-refractivity contribution is -0.114. The van der Waals surface area contributed by atoms with E-state index in [9.17, 15) is 9.18 Å². The Kier molecular flexibility index (Phi) is 5.35. The number of pyridine rings is 1. The number of fused-ring (bicyclic) bond motifs is 7. The van der Waals surface area contributed by atoms with Crippen molar-refractivity contribution in [1.29, 1.82) is 0 Å². The molecule has 0 saturated carbocycles. The molecule has 0 radical (unpaired) electrons. The zero-order chi connectivity index (χ0) is 24.0. The summed E-state index contributed by atoms with van der Waals surface area (Å²) in [6, 6.07) is 6.38. The fraction of sp³-hybridized carbons (Fsp3) is 0.292. The van der Waals surface area contributed by atoms with Crippen LogP contribution >= 0.6 is 0 Å². The summed E-state index contributed by atoms with van der Waals surface area (Å²) in [7, 11) is 1.76. The summed E-state index contributed by atoms with van der Waals surface area (Å²) in [4.78, 5) is 17.8. The molecule has 1 aromatic carbocycles. The highest BCUT2D eigenvalue weighted by molar-refractivity contribution is 5.89. The Morgan fingerprint density at radius 3 is 2.85 bits per heavy atom. The summed E-state index contributed by atoms with van der Waals surface area (Å²) < 4.78 is 22.5. The number of halogens is 1. The van der Waals surface area contributed by atoms with Crippen LogP contribution in [0.15, 0.2) is 36.7 Å². The van der Waals surface area contributed by atoms with Crippen molar-refractivity contribution in [1.82, 2.24) is 29.8 Å². The number of hydrogen-bond donors (Lipinski definition) is 1. The third-order valence-corrected chi connectivity index (χ3v) is 5.79. The van der Waals surface area contributed by atoms with Crippen LogP contribution in [0.4, 0.5) is 10.2 Å². The van der Waals surface area contributed by atoms with Crippen LogP contribution in [-0.4, -0.2) is 35.7 Å². The number of benzene rings is 1. The molecular weight excluding hydrogens is 437 g/mol. The van der Waals surface area contributed by atoms with E-state index >= 15 is 0 Å². The molecule has 5 rings (SSSR count). The smallest absolute Gasteiger partial charge is 0.222 e. The second-order valence-electron chi connectivity index (χ2n) is 8.24. The highest BCUT2D eigenvalue weighted by atomic mass is 19.1. The normalized spacial score (nSPS) is 14.7. The van der Waals surface area contributed by atoms with E-state index in [4.69, 9.17) is 4.74 Å². The fourth-order valence-electron chi connectivity index (χ4n) is 4.35. The molecule has 0 spiro atoms. The van der Waals surface area contributed by atoms with Crippen molar-refractivity contribution < 1.29 is 13.9 Å². The number of carbonyl (C=O) groups excluding carboxylic acids is 1. The van der Waals surface area contributed by atoms with Crippen LogP contribution in [0.1, 0.15) is 43.7 Å². The Labute approximate surface area is 195 Å². The van der Waals surface area contributed by atoms with Gasteiger partial charge < -0.3 is 10.1 Å². The van der Waals surface area contributed by atoms with E-state index in [-0.39, 0.29) is 11.7 Å². The van der Waals surface area contributed by atoms with Gasteiger partial charge in [-0.1, -0.05) is 0 Å². The first-order valence-corrected chi connectivity index (χ1v) is 11.0. The predicted octanol–water partition coefficient (Wildman–Crippen LogP) is 3.90. The average molecular weight is 462 g/mol. The average Bonchev–Trinajstić information content (AvgIpc) is 3.36. The summed E-state index contributed by atoms with van der Waals surface area (Å²) in [5, 5.41) is 16.5. The van der Waals surface area contributed by atoms with Crippen molar-refractivity contribution in [3.63, 3.8) is 0 Å². The first kappa shape index (κ1) is 21.7. The van der Waals surface area contributed by atoms with Crippen molar-refractivity contribution in [2.24, 2.45) is 7.05 Å². The molecule has 4 aromatic rings. The predicted molar refractivity (Wildman–Crippen MR) is 124 cm³/mol. The standard InChI is InChI=1S/C24H24FN7O2/c1-5-32-23-15(12-27-32)8-20-22(30-31(4)29-20)18-7-6-17(25)10-19(18)13(2)34-21-9-16(23)11-26-24(21)28-14(3)33/h6-7,9-13H,5,8H2,1-4H3,(H,26,28,33)/t13-/m1/s1. The molecule has 0 aliphatic carbocycles. The van der Waals surface area contributed by atoms with E-state index < -0.39 is 6.10 Å². The molecule has 0 unspecified atom stereocenters. The highest BCUT2D eigenvalue weighted by Gasteiger charge is 2.25. The first-order valence-electron chi connectivity index (χ1n) is 11.0. The first-order chi connectivity index (χ1) is 16.3. The fourth-order valence-corrected chi connectivity index (χ4v) is 4.35. The number of ether oxygens (including phenoxy) is 1. The van der Waals surface area contributed by atoms with Crippen LogP contribution in [-0.2, 0) is 24.8 Å². The highest BCUT2D eigenvalue weighted by Crippen LogP contribution is 2.38. The summed E-state index contributed by atoms with van der Waals surface area (Å²) in [5.41, 5.74) is 5.38. The number of hydrogen-bond acceptors (Lipinski definition) is 6. The van der Waals surface area contributed by atoms with E-state index in [0.29, 0.717) is 35.8 Å². The number of amides is 1. The van der Waals surface area contributed by atoms with Crippen molar-refractivity contribution in [2.45, 2.75) is 39.8 Å². The number of aryl methyl sites for hydroxylation is 2. The van der Waals surface area contributed by atoms with Crippen molar-refractivity contribution in [3.8, 4) is 28.3 Å². The maximum absolute atomic E-state index is 14.3. The summed E-state index contributed by atoms with van der Waals surface area (Å²) in [5.74, 6) is 0.0218. The third-order valence-electron chi connectivity index (χ3n) is 5.79. The Morgan fingerprint density at radius 2 is 2.09 bits per heavy atom. The zero-order valence-corrected chi connectivity index (χ0v) is 19.3. The van der Waals surface area contributed by atoms with Crippen molar-refractivity contribution in [2.75, 3.05) is 5.32 Å². The van der Waals surface area contributed by atoms with Gasteiger partial charge in [-0.3, -0.25) is 9.48 Å². The van der Waals surface area contributed by atoms with Crippen LogP contribution < -0.4 is 10.1 Å². The molecular formula is C24H24FN7O2. The molecule has 0 saturated heterocycles. The molecule has 4 heterocycles. The van der Waals surface area contributed by atoms with E-state index in [0.717, 1.165) is 28.1 Å². The van der Waals surface area contributed by atoms with Crippen molar-refractivity contribution in [3.05, 3.63) is 59.3 Å². The second-order valence-corrected chi connectivity index (χ2v) is 8.24. The van der Waals surface area contributed by atoms with Gasteiger partial charge >= 0.3 is 0 Å². The molecule has 2 bridgehead atoms. The zero-order valence-electron chi connectivity index (χ0n) is 19.3. The number of aromatic nitrogens is 6. The lowest BCUT2D eigenvalue weighted by Crippen LogP contribution is -2.13. The molecule has 3 aromatic heterocycles. The maximum Gasteiger partial charge on any atom is 0.222 e. The number of rotatable bonds is 2. The molecule has 9 nitrogen and oxygen atoms in total. The van der Waals surface area contributed by atoms with Gasteiger partial charge in [-0.25, -0.2) is 9.37 Å². The van der Waals surface area contributed by atoms with Gasteiger partial charge in [0.15, 0.2) is 11.6 Å². The quantitative estimate of drug-likeness (QED) is 0.486. The topological polar surface area (TPSA) is 99.8 Å². The Bertz CT molecular complexity index is 1410. The minimum Gasteiger partial charge on any atom is -0.482 e. The van der Waals surface area contributed by atoms with Gasteiger partial charge in [0.1, 0.15) is 17.6 Å². The third kappa shape index (κ3) is 3.81. The van der Waals surface area contributed by atoms with Crippen LogP contribution in [0.2, 0.25) is 0 Å². The van der Waals surface area contributed by atoms with E-state index in [2.05, 4.69) is 25.6 Å². The Morgan fingerprint density at radius 1 is 1.26 bits per heavy atom. The minimum absolute atomic E-state index is 0.270. The second kappa shape index (κ2) is 8.36. The van der Waals surface area contributed by atoms with Gasteiger partial charge in [-0.15, -0.1) is 0 Å². The summed E-state index contributed by atoms with van der Waals surface area (Å²) in [6.45, 7) is 5.91. The van der Waals surface area contributed by atoms with Crippen LogP contribution in [0, 0.1) is 5.82 Å². The molecule has 174 valence electrons. The lowest BCUT2D eigenvalue weighted by Gasteiger charge is -2.21. The lowest BCUT2D eigenvalue weighted by atomic mass is 9.96. The SMILES string of the molecule is CCn1ncc2c1-c1cnc(NC(C)=O)c(c1)O[C@H](C)c1cc(F)ccc1-c1nn(C)nc1C2. The van der Waals surface area contributed by atoms with E-state index in [1.54, 1.807) is 19.3 Å². The molecule has 1 N–H and O–H groups in total. The monoisotopic (exact) mass is 461 g/mol.